The highest BCUT2D eigenvalue weighted by molar-refractivity contribution is 7.89. The molecule has 0 saturated carbocycles. The number of methoxy groups -OCH3 is 1. The van der Waals surface area contributed by atoms with Gasteiger partial charge in [-0.15, -0.1) is 11.3 Å². The number of imide groups is 1. The first-order valence-electron chi connectivity index (χ1n) is 13.7. The molecule has 1 fully saturated rings. The fourth-order valence-corrected chi connectivity index (χ4v) is 7.78. The van der Waals surface area contributed by atoms with Gasteiger partial charge < -0.3 is 4.74 Å². The van der Waals surface area contributed by atoms with Crippen LogP contribution in [-0.4, -0.2) is 42.7 Å². The van der Waals surface area contributed by atoms with Gasteiger partial charge in [0, 0.05) is 12.1 Å². The third-order valence-electron chi connectivity index (χ3n) is 7.51. The average molecular weight is 612 g/mol. The molecule has 0 radical (unpaired) electrons. The van der Waals surface area contributed by atoms with Crippen molar-refractivity contribution in [1.82, 2.24) is 9.29 Å². The van der Waals surface area contributed by atoms with Crippen molar-refractivity contribution in [3.05, 3.63) is 108 Å². The molecule has 1 aliphatic heterocycles. The molecule has 5 aromatic rings. The van der Waals surface area contributed by atoms with Crippen LogP contribution >= 0.6 is 11.3 Å². The summed E-state index contributed by atoms with van der Waals surface area (Å²) < 4.78 is 35.4. The van der Waals surface area contributed by atoms with Gasteiger partial charge in [0.25, 0.3) is 5.91 Å². The lowest BCUT2D eigenvalue weighted by atomic mass is 10.1. The van der Waals surface area contributed by atoms with E-state index in [1.165, 1.54) is 19.2 Å². The summed E-state index contributed by atoms with van der Waals surface area (Å²) in [7, 11) is -2.67. The first kappa shape index (κ1) is 28.7. The van der Waals surface area contributed by atoms with Crippen molar-refractivity contribution >= 4 is 49.1 Å². The number of hydrogen-bond acceptors (Lipinski definition) is 7. The summed E-state index contributed by atoms with van der Waals surface area (Å²) in [5.41, 5.74) is 5.04. The number of aryl methyl sites for hydroxylation is 2. The zero-order valence-electron chi connectivity index (χ0n) is 23.9. The van der Waals surface area contributed by atoms with Crippen molar-refractivity contribution in [2.45, 2.75) is 37.8 Å². The zero-order chi connectivity index (χ0) is 30.3. The van der Waals surface area contributed by atoms with E-state index >= 15 is 0 Å². The Bertz CT molecular complexity index is 1930. The van der Waals surface area contributed by atoms with Gasteiger partial charge in [-0.1, -0.05) is 35.9 Å². The predicted molar refractivity (Wildman–Crippen MR) is 168 cm³/mol. The summed E-state index contributed by atoms with van der Waals surface area (Å²) >= 11 is 1.57. The fourth-order valence-electron chi connectivity index (χ4n) is 5.14. The van der Waals surface area contributed by atoms with Crippen molar-refractivity contribution in [2.75, 3.05) is 12.0 Å². The van der Waals surface area contributed by atoms with Gasteiger partial charge in [-0.3, -0.25) is 9.59 Å². The van der Waals surface area contributed by atoms with E-state index in [9.17, 15) is 18.0 Å². The monoisotopic (exact) mass is 611 g/mol. The summed E-state index contributed by atoms with van der Waals surface area (Å²) in [6, 6.07) is 25.4. The molecule has 0 aliphatic carbocycles. The van der Waals surface area contributed by atoms with E-state index < -0.39 is 27.9 Å². The lowest BCUT2D eigenvalue weighted by Gasteiger charge is -2.27. The molecule has 1 atom stereocenters. The van der Waals surface area contributed by atoms with Crippen LogP contribution in [0.15, 0.2) is 95.9 Å². The largest absolute Gasteiger partial charge is 0.497 e. The van der Waals surface area contributed by atoms with Gasteiger partial charge in [0.2, 0.25) is 15.9 Å². The maximum Gasteiger partial charge on any atom is 0.252 e. The van der Waals surface area contributed by atoms with E-state index in [0.717, 1.165) is 41.1 Å². The topological polar surface area (TPSA) is 96.9 Å². The molecule has 43 heavy (non-hydrogen) atoms. The number of thiazole rings is 1. The van der Waals surface area contributed by atoms with Gasteiger partial charge in [0.05, 0.1) is 34.3 Å². The summed E-state index contributed by atoms with van der Waals surface area (Å²) in [6.45, 7) is 3.91. The van der Waals surface area contributed by atoms with Crippen LogP contribution in [0.1, 0.15) is 23.1 Å². The minimum Gasteiger partial charge on any atom is -0.497 e. The van der Waals surface area contributed by atoms with Gasteiger partial charge >= 0.3 is 0 Å². The number of benzene rings is 4. The average Bonchev–Trinajstić information content (AvgIpc) is 3.56. The number of anilines is 1. The lowest BCUT2D eigenvalue weighted by molar-refractivity contribution is -0.122. The minimum absolute atomic E-state index is 0.00879. The second-order valence-electron chi connectivity index (χ2n) is 10.5. The molecule has 8 nitrogen and oxygen atoms in total. The SMILES string of the molecule is COc1ccc(S(=O)(=O)N(Cc2ccc(C)cc2)C2CC(=O)N(c3ccc(-c4nc5ccc(C)cc5s4)cc3)C2=O)cc1. The number of fused-ring (bicyclic) bond motifs is 1. The Hall–Kier alpha value is -4.38. The maximum absolute atomic E-state index is 14.0. The number of aromatic nitrogens is 1. The highest BCUT2D eigenvalue weighted by Crippen LogP contribution is 2.34. The number of amides is 2. The number of rotatable bonds is 8. The Morgan fingerprint density at radius 2 is 1.58 bits per heavy atom. The molecule has 1 unspecified atom stereocenters. The fraction of sp³-hybridized carbons (Fsp3) is 0.182. The second-order valence-corrected chi connectivity index (χ2v) is 13.5. The summed E-state index contributed by atoms with van der Waals surface area (Å²) in [4.78, 5) is 33.0. The van der Waals surface area contributed by atoms with Gasteiger partial charge in [0.15, 0.2) is 0 Å². The normalized spacial score (nSPS) is 15.5. The molecule has 0 bridgehead atoms. The molecule has 1 saturated heterocycles. The number of hydrogen-bond donors (Lipinski definition) is 0. The van der Waals surface area contributed by atoms with Gasteiger partial charge in [-0.2, -0.15) is 4.31 Å². The van der Waals surface area contributed by atoms with Gasteiger partial charge in [-0.05, 0) is 85.6 Å². The lowest BCUT2D eigenvalue weighted by Crippen LogP contribution is -2.45. The number of carbonyl (C=O) groups excluding carboxylic acids is 2. The Kier molecular flexibility index (Phi) is 7.59. The third kappa shape index (κ3) is 5.56. The number of carbonyl (C=O) groups is 2. The molecule has 2 heterocycles. The number of nitrogens with zero attached hydrogens (tertiary/aromatic N) is 3. The smallest absolute Gasteiger partial charge is 0.252 e. The highest BCUT2D eigenvalue weighted by atomic mass is 32.2. The quantitative estimate of drug-likeness (QED) is 0.197. The molecule has 1 aromatic heterocycles. The van der Waals surface area contributed by atoms with Crippen molar-refractivity contribution in [3.63, 3.8) is 0 Å². The molecular weight excluding hydrogens is 583 g/mol. The van der Waals surface area contributed by atoms with Crippen molar-refractivity contribution in [2.24, 2.45) is 0 Å². The molecule has 2 amide bonds. The number of ether oxygens (including phenoxy) is 1. The minimum atomic E-state index is -4.17. The van der Waals surface area contributed by atoms with Crippen LogP contribution in [0.2, 0.25) is 0 Å². The molecule has 6 rings (SSSR count). The van der Waals surface area contributed by atoms with Crippen LogP contribution < -0.4 is 9.64 Å². The molecule has 218 valence electrons. The summed E-state index contributed by atoms with van der Waals surface area (Å²) in [5, 5.41) is 0.832. The van der Waals surface area contributed by atoms with Gasteiger partial charge in [-0.25, -0.2) is 18.3 Å². The molecule has 4 aromatic carbocycles. The van der Waals surface area contributed by atoms with Crippen LogP contribution in [0.5, 0.6) is 5.75 Å². The van der Waals surface area contributed by atoms with Crippen molar-refractivity contribution in [1.29, 1.82) is 0 Å². The molecule has 0 spiro atoms. The summed E-state index contributed by atoms with van der Waals surface area (Å²) in [5.74, 6) is -0.541. The third-order valence-corrected chi connectivity index (χ3v) is 10.4. The second kappa shape index (κ2) is 11.4. The maximum atomic E-state index is 14.0. The van der Waals surface area contributed by atoms with E-state index in [0.29, 0.717) is 17.0 Å². The highest BCUT2D eigenvalue weighted by Gasteiger charge is 2.47. The molecular formula is C33H29N3O5S2. The van der Waals surface area contributed by atoms with Crippen LogP contribution in [0, 0.1) is 13.8 Å². The van der Waals surface area contributed by atoms with Crippen LogP contribution in [0.4, 0.5) is 5.69 Å². The Morgan fingerprint density at radius 3 is 2.26 bits per heavy atom. The van der Waals surface area contributed by atoms with E-state index in [-0.39, 0.29) is 17.9 Å². The predicted octanol–water partition coefficient (Wildman–Crippen LogP) is 6.11. The zero-order valence-corrected chi connectivity index (χ0v) is 25.5. The first-order valence-corrected chi connectivity index (χ1v) is 16.0. The Morgan fingerprint density at radius 1 is 0.907 bits per heavy atom. The van der Waals surface area contributed by atoms with E-state index in [1.807, 2.05) is 62.4 Å². The molecule has 1 aliphatic rings. The Balaban J connectivity index is 1.31. The Labute approximate surface area is 254 Å². The van der Waals surface area contributed by atoms with E-state index in [4.69, 9.17) is 9.72 Å². The first-order chi connectivity index (χ1) is 20.6. The van der Waals surface area contributed by atoms with E-state index in [1.54, 1.807) is 35.6 Å². The summed E-state index contributed by atoms with van der Waals surface area (Å²) in [6.07, 6.45) is -0.265. The number of sulfonamides is 1. The van der Waals surface area contributed by atoms with Crippen LogP contribution in [0.25, 0.3) is 20.8 Å². The van der Waals surface area contributed by atoms with Crippen molar-refractivity contribution in [3.8, 4) is 16.3 Å². The van der Waals surface area contributed by atoms with Crippen molar-refractivity contribution < 1.29 is 22.7 Å². The van der Waals surface area contributed by atoms with E-state index in [2.05, 4.69) is 6.07 Å². The van der Waals surface area contributed by atoms with Crippen LogP contribution in [0.3, 0.4) is 0 Å². The van der Waals surface area contributed by atoms with Gasteiger partial charge in [0.1, 0.15) is 16.8 Å². The molecule has 10 heteroatoms. The van der Waals surface area contributed by atoms with Crippen LogP contribution in [-0.2, 0) is 26.2 Å². The standard InChI is InChI=1S/C33H29N3O5S2/c1-21-4-7-23(8-5-21)20-35(43(39,40)27-15-13-26(41-3)14-16-27)29-19-31(37)36(33(29)38)25-11-9-24(10-12-25)32-34-28-17-6-22(2)18-30(28)42-32/h4-18,29H,19-20H2,1-3H3. The molecule has 0 N–H and O–H groups in total.